The van der Waals surface area contributed by atoms with E-state index in [1.165, 1.54) is 33.3 Å². The van der Waals surface area contributed by atoms with Crippen molar-refractivity contribution in [2.24, 2.45) is 5.41 Å². The van der Waals surface area contributed by atoms with Crippen LogP contribution >= 0.6 is 11.6 Å². The first-order valence-electron chi connectivity index (χ1n) is 9.47. The Morgan fingerprint density at radius 2 is 1.89 bits per heavy atom. The number of rotatable bonds is 2. The van der Waals surface area contributed by atoms with Crippen molar-refractivity contribution in [3.63, 3.8) is 0 Å². The van der Waals surface area contributed by atoms with E-state index in [1.807, 2.05) is 18.5 Å². The first-order chi connectivity index (χ1) is 12.8. The van der Waals surface area contributed by atoms with Gasteiger partial charge in [0.25, 0.3) is 0 Å². The lowest BCUT2D eigenvalue weighted by atomic mass is 9.83. The van der Waals surface area contributed by atoms with E-state index in [1.54, 1.807) is 0 Å². The van der Waals surface area contributed by atoms with Crippen LogP contribution in [0.2, 0.25) is 5.02 Å². The van der Waals surface area contributed by atoms with Gasteiger partial charge >= 0.3 is 0 Å². The summed E-state index contributed by atoms with van der Waals surface area (Å²) in [6, 6.07) is 10.5. The molecule has 0 aliphatic carbocycles. The normalized spacial score (nSPS) is 16.0. The minimum absolute atomic E-state index is 0.0166. The molecular formula is C23H26ClN3. The molecule has 0 saturated heterocycles. The molecule has 0 unspecified atom stereocenters. The molecule has 0 saturated carbocycles. The lowest BCUT2D eigenvalue weighted by molar-refractivity contribution is 0.312. The molecule has 1 aliphatic rings. The zero-order valence-corrected chi connectivity index (χ0v) is 17.2. The monoisotopic (exact) mass is 379 g/mol. The number of hydrogen-bond donors (Lipinski definition) is 0. The maximum Gasteiger partial charge on any atom is 0.0529 e. The minimum Gasteiger partial charge on any atom is -0.320 e. The van der Waals surface area contributed by atoms with Crippen LogP contribution in [0.25, 0.3) is 22.7 Å². The van der Waals surface area contributed by atoms with Gasteiger partial charge in [0.15, 0.2) is 0 Å². The molecule has 3 nitrogen and oxygen atoms in total. The summed E-state index contributed by atoms with van der Waals surface area (Å²) in [5.74, 6) is 0. The minimum atomic E-state index is 0.0166. The Kier molecular flexibility index (Phi) is 4.61. The molecule has 1 aliphatic heterocycles. The number of halogens is 1. The van der Waals surface area contributed by atoms with Crippen LogP contribution in [-0.4, -0.2) is 28.0 Å². The van der Waals surface area contributed by atoms with Gasteiger partial charge < -0.3 is 9.47 Å². The van der Waals surface area contributed by atoms with Crippen molar-refractivity contribution in [3.8, 4) is 0 Å². The largest absolute Gasteiger partial charge is 0.320 e. The fourth-order valence-electron chi connectivity index (χ4n) is 4.01. The molecule has 4 rings (SSSR count). The quantitative estimate of drug-likeness (QED) is 0.567. The van der Waals surface area contributed by atoms with Crippen molar-refractivity contribution in [2.75, 3.05) is 13.6 Å². The third-order valence-electron chi connectivity index (χ3n) is 5.40. The number of aromatic nitrogens is 2. The van der Waals surface area contributed by atoms with Crippen LogP contribution in [0, 0.1) is 5.41 Å². The van der Waals surface area contributed by atoms with Crippen molar-refractivity contribution in [2.45, 2.75) is 33.7 Å². The molecule has 140 valence electrons. The number of fused-ring (bicyclic) bond motifs is 3. The van der Waals surface area contributed by atoms with E-state index in [2.05, 4.69) is 72.7 Å². The summed E-state index contributed by atoms with van der Waals surface area (Å²) >= 11 is 6.34. The van der Waals surface area contributed by atoms with Gasteiger partial charge in [0, 0.05) is 54.2 Å². The Balaban J connectivity index is 1.99. The number of likely N-dealkylation sites (N-methyl/N-ethyl adjacent to an activating group) is 1. The van der Waals surface area contributed by atoms with Crippen LogP contribution in [0.5, 0.6) is 0 Å². The molecule has 2 aromatic heterocycles. The Bertz CT molecular complexity index is 1010. The third-order valence-corrected chi connectivity index (χ3v) is 5.63. The van der Waals surface area contributed by atoms with Crippen LogP contribution in [-0.2, 0) is 13.0 Å². The van der Waals surface area contributed by atoms with E-state index < -0.39 is 0 Å². The molecule has 0 bridgehead atoms. The molecule has 0 atom stereocenters. The van der Waals surface area contributed by atoms with Crippen molar-refractivity contribution in [3.05, 3.63) is 64.6 Å². The predicted molar refractivity (Wildman–Crippen MR) is 115 cm³/mol. The van der Waals surface area contributed by atoms with Crippen LogP contribution in [0.15, 0.2) is 42.7 Å². The Hall–Kier alpha value is -2.10. The Morgan fingerprint density at radius 3 is 2.59 bits per heavy atom. The highest BCUT2D eigenvalue weighted by molar-refractivity contribution is 6.31. The van der Waals surface area contributed by atoms with Crippen LogP contribution in [0.3, 0.4) is 0 Å². The highest BCUT2D eigenvalue weighted by Gasteiger charge is 2.24. The van der Waals surface area contributed by atoms with Gasteiger partial charge in [-0.15, -0.1) is 0 Å². The molecule has 27 heavy (non-hydrogen) atoms. The fourth-order valence-corrected chi connectivity index (χ4v) is 4.18. The molecule has 1 aromatic carbocycles. The number of allylic oxidation sites excluding steroid dienone is 1. The van der Waals surface area contributed by atoms with Gasteiger partial charge in [-0.2, -0.15) is 0 Å². The van der Waals surface area contributed by atoms with E-state index in [4.69, 9.17) is 11.6 Å². The standard InChI is InChI=1S/C23H26ClN3/c1-23(2,3)20(16-7-10-25-11-8-16)15-27-21-6-5-17(24)13-18(21)19-14-26(4)12-9-22(19)27/h5-8,10-11,13,15H,9,12,14H2,1-4H3/b20-15+. The number of pyridine rings is 1. The van der Waals surface area contributed by atoms with Gasteiger partial charge in [-0.1, -0.05) is 32.4 Å². The average molecular weight is 380 g/mol. The van der Waals surface area contributed by atoms with E-state index in [-0.39, 0.29) is 5.41 Å². The predicted octanol–water partition coefficient (Wildman–Crippen LogP) is 5.72. The lowest BCUT2D eigenvalue weighted by Gasteiger charge is -2.26. The molecule has 4 heteroatoms. The van der Waals surface area contributed by atoms with E-state index >= 15 is 0 Å². The van der Waals surface area contributed by atoms with Gasteiger partial charge in [0.1, 0.15) is 0 Å². The topological polar surface area (TPSA) is 21.1 Å². The molecule has 0 spiro atoms. The molecule has 0 fully saturated rings. The smallest absolute Gasteiger partial charge is 0.0529 e. The number of nitrogens with zero attached hydrogens (tertiary/aromatic N) is 3. The molecule has 0 radical (unpaired) electrons. The number of benzene rings is 1. The van der Waals surface area contributed by atoms with Gasteiger partial charge in [-0.25, -0.2) is 0 Å². The van der Waals surface area contributed by atoms with Crippen molar-refractivity contribution < 1.29 is 0 Å². The zero-order chi connectivity index (χ0) is 19.2. The summed E-state index contributed by atoms with van der Waals surface area (Å²) in [6.07, 6.45) is 7.11. The van der Waals surface area contributed by atoms with Crippen LogP contribution < -0.4 is 0 Å². The molecule has 3 heterocycles. The van der Waals surface area contributed by atoms with Crippen LogP contribution in [0.4, 0.5) is 0 Å². The van der Waals surface area contributed by atoms with E-state index in [0.29, 0.717) is 0 Å². The summed E-state index contributed by atoms with van der Waals surface area (Å²) < 4.78 is 2.40. The van der Waals surface area contributed by atoms with Gasteiger partial charge in [0.05, 0.1) is 5.52 Å². The Morgan fingerprint density at radius 1 is 1.15 bits per heavy atom. The molecular weight excluding hydrogens is 354 g/mol. The van der Waals surface area contributed by atoms with Crippen molar-refractivity contribution in [1.82, 2.24) is 14.5 Å². The Labute approximate surface area is 166 Å². The van der Waals surface area contributed by atoms with Gasteiger partial charge in [-0.05, 0) is 59.5 Å². The zero-order valence-electron chi connectivity index (χ0n) is 16.5. The SMILES string of the molecule is CN1CCc2c(c3cc(Cl)ccc3n2/C=C(\c2ccncc2)C(C)(C)C)C1. The maximum absolute atomic E-state index is 6.34. The number of hydrogen-bond acceptors (Lipinski definition) is 2. The lowest BCUT2D eigenvalue weighted by Crippen LogP contribution is -2.27. The summed E-state index contributed by atoms with van der Waals surface area (Å²) in [5.41, 5.74) is 6.58. The average Bonchev–Trinajstić information content (AvgIpc) is 2.91. The van der Waals surface area contributed by atoms with Gasteiger partial charge in [-0.3, -0.25) is 4.98 Å². The second-order valence-corrected chi connectivity index (χ2v) is 8.91. The third kappa shape index (κ3) is 3.42. The van der Waals surface area contributed by atoms with E-state index in [0.717, 1.165) is 24.5 Å². The van der Waals surface area contributed by atoms with Crippen molar-refractivity contribution >= 4 is 34.3 Å². The van der Waals surface area contributed by atoms with E-state index in [9.17, 15) is 0 Å². The highest BCUT2D eigenvalue weighted by atomic mass is 35.5. The van der Waals surface area contributed by atoms with Gasteiger partial charge in [0.2, 0.25) is 0 Å². The summed E-state index contributed by atoms with van der Waals surface area (Å²) in [6.45, 7) is 8.84. The maximum atomic E-state index is 6.34. The first kappa shape index (κ1) is 18.3. The second-order valence-electron chi connectivity index (χ2n) is 8.47. The summed E-state index contributed by atoms with van der Waals surface area (Å²) in [4.78, 5) is 6.57. The molecule has 0 N–H and O–H groups in total. The fraction of sp³-hybridized carbons (Fsp3) is 0.348. The van der Waals surface area contributed by atoms with Crippen molar-refractivity contribution in [1.29, 1.82) is 0 Å². The molecule has 3 aromatic rings. The summed E-state index contributed by atoms with van der Waals surface area (Å²) in [5, 5.41) is 2.06. The summed E-state index contributed by atoms with van der Waals surface area (Å²) in [7, 11) is 2.18. The van der Waals surface area contributed by atoms with Crippen LogP contribution in [0.1, 0.15) is 37.6 Å². The first-order valence-corrected chi connectivity index (χ1v) is 9.85. The highest BCUT2D eigenvalue weighted by Crippen LogP contribution is 2.38. The molecule has 0 amide bonds. The second kappa shape index (κ2) is 6.81.